The zero-order valence-corrected chi connectivity index (χ0v) is 20.4. The SMILES string of the molecule is CN1C(=O)C2(CCN(C(=O)OCc3ccccc3)CC2)c2c(F)cc(OCCNS(C)(=O)=O)cc21. The predicted octanol–water partition coefficient (Wildman–Crippen LogP) is 2.40. The minimum absolute atomic E-state index is 0.00809. The summed E-state index contributed by atoms with van der Waals surface area (Å²) in [5.74, 6) is -0.582. The van der Waals surface area contributed by atoms with E-state index in [1.807, 2.05) is 30.3 Å². The van der Waals surface area contributed by atoms with Gasteiger partial charge in [-0.05, 0) is 18.4 Å². The number of hydrogen-bond donors (Lipinski definition) is 1. The number of hydrogen-bond acceptors (Lipinski definition) is 6. The Kier molecular flexibility index (Phi) is 7.00. The van der Waals surface area contributed by atoms with Crippen molar-refractivity contribution in [2.45, 2.75) is 24.9 Å². The van der Waals surface area contributed by atoms with Gasteiger partial charge in [0.05, 0.1) is 17.4 Å². The van der Waals surface area contributed by atoms with Crippen LogP contribution in [0.1, 0.15) is 24.0 Å². The minimum Gasteiger partial charge on any atom is -0.492 e. The van der Waals surface area contributed by atoms with Crippen molar-refractivity contribution >= 4 is 27.7 Å². The van der Waals surface area contributed by atoms with Crippen molar-refractivity contribution in [2.24, 2.45) is 0 Å². The van der Waals surface area contributed by atoms with Gasteiger partial charge in [0.2, 0.25) is 15.9 Å². The number of carbonyl (C=O) groups excluding carboxylic acids is 2. The second-order valence-electron chi connectivity index (χ2n) is 8.79. The summed E-state index contributed by atoms with van der Waals surface area (Å²) in [5.41, 5.74) is 0.550. The van der Waals surface area contributed by atoms with E-state index in [9.17, 15) is 18.0 Å². The maximum absolute atomic E-state index is 15.3. The standard InChI is InChI=1S/C24H28FN3O6S/c1-27-20-15-18(33-13-10-26-35(2,31)32)14-19(25)21(20)24(22(27)29)8-11-28(12-9-24)23(30)34-16-17-6-4-3-5-7-17/h3-7,14-15,26H,8-13,16H2,1-2H3. The van der Waals surface area contributed by atoms with Crippen LogP contribution in [0.4, 0.5) is 14.9 Å². The average molecular weight is 506 g/mol. The first-order valence-electron chi connectivity index (χ1n) is 11.3. The molecule has 4 rings (SSSR count). The predicted molar refractivity (Wildman–Crippen MR) is 127 cm³/mol. The van der Waals surface area contributed by atoms with E-state index in [1.54, 1.807) is 18.0 Å². The van der Waals surface area contributed by atoms with E-state index in [4.69, 9.17) is 9.47 Å². The Labute approximate surface area is 203 Å². The molecule has 2 aromatic rings. The van der Waals surface area contributed by atoms with Crippen LogP contribution in [0.2, 0.25) is 0 Å². The quantitative estimate of drug-likeness (QED) is 0.580. The summed E-state index contributed by atoms with van der Waals surface area (Å²) in [5, 5.41) is 0. The topological polar surface area (TPSA) is 105 Å². The molecule has 2 aliphatic rings. The molecule has 35 heavy (non-hydrogen) atoms. The number of nitrogens with zero attached hydrogens (tertiary/aromatic N) is 2. The Balaban J connectivity index is 1.43. The Hall–Kier alpha value is -3.18. The van der Waals surface area contributed by atoms with Gasteiger partial charge in [-0.15, -0.1) is 0 Å². The molecule has 0 atom stereocenters. The van der Waals surface area contributed by atoms with Gasteiger partial charge >= 0.3 is 6.09 Å². The van der Waals surface area contributed by atoms with Crippen molar-refractivity contribution in [3.63, 3.8) is 0 Å². The van der Waals surface area contributed by atoms with Gasteiger partial charge in [-0.3, -0.25) is 4.79 Å². The number of amides is 2. The summed E-state index contributed by atoms with van der Waals surface area (Å²) in [6, 6.07) is 12.2. The molecule has 2 heterocycles. The molecule has 0 bridgehead atoms. The molecule has 0 aliphatic carbocycles. The minimum atomic E-state index is -3.35. The molecule has 0 unspecified atom stereocenters. The highest BCUT2D eigenvalue weighted by atomic mass is 32.2. The molecule has 1 fully saturated rings. The number of ether oxygens (including phenoxy) is 2. The lowest BCUT2D eigenvalue weighted by Crippen LogP contribution is -2.50. The number of sulfonamides is 1. The van der Waals surface area contributed by atoms with Crippen molar-refractivity contribution in [3.05, 3.63) is 59.4 Å². The summed E-state index contributed by atoms with van der Waals surface area (Å²) in [6.45, 7) is 0.729. The molecule has 11 heteroatoms. The fourth-order valence-electron chi connectivity index (χ4n) is 4.67. The van der Waals surface area contributed by atoms with E-state index in [-0.39, 0.29) is 57.3 Å². The largest absolute Gasteiger partial charge is 0.492 e. The van der Waals surface area contributed by atoms with E-state index in [0.29, 0.717) is 11.3 Å². The lowest BCUT2D eigenvalue weighted by molar-refractivity contribution is -0.124. The fourth-order valence-corrected chi connectivity index (χ4v) is 5.12. The van der Waals surface area contributed by atoms with Crippen LogP contribution < -0.4 is 14.4 Å². The first-order chi connectivity index (χ1) is 16.6. The lowest BCUT2D eigenvalue weighted by atomic mass is 9.73. The van der Waals surface area contributed by atoms with Crippen LogP contribution in [0, 0.1) is 5.82 Å². The van der Waals surface area contributed by atoms with Gasteiger partial charge in [-0.2, -0.15) is 0 Å². The van der Waals surface area contributed by atoms with Crippen molar-refractivity contribution in [3.8, 4) is 5.75 Å². The molecule has 2 aromatic carbocycles. The number of likely N-dealkylation sites (N-methyl/N-ethyl adjacent to an activating group) is 1. The smallest absolute Gasteiger partial charge is 0.410 e. The maximum atomic E-state index is 15.3. The van der Waals surface area contributed by atoms with Crippen LogP contribution in [0.15, 0.2) is 42.5 Å². The van der Waals surface area contributed by atoms with Crippen LogP contribution >= 0.6 is 0 Å². The van der Waals surface area contributed by atoms with Crippen molar-refractivity contribution < 1.29 is 31.9 Å². The maximum Gasteiger partial charge on any atom is 0.410 e. The third-order valence-electron chi connectivity index (χ3n) is 6.41. The molecule has 1 spiro atoms. The van der Waals surface area contributed by atoms with Crippen LogP contribution in [-0.2, 0) is 31.6 Å². The Morgan fingerprint density at radius 3 is 2.51 bits per heavy atom. The lowest BCUT2D eigenvalue weighted by Gasteiger charge is -2.37. The van der Waals surface area contributed by atoms with Crippen molar-refractivity contribution in [2.75, 3.05) is 44.4 Å². The number of anilines is 1. The van der Waals surface area contributed by atoms with Gasteiger partial charge in [0.1, 0.15) is 24.8 Å². The highest BCUT2D eigenvalue weighted by Gasteiger charge is 2.53. The van der Waals surface area contributed by atoms with Crippen LogP contribution in [-0.4, -0.2) is 64.9 Å². The molecule has 0 radical (unpaired) electrons. The number of likely N-dealkylation sites (tertiary alicyclic amines) is 1. The van der Waals surface area contributed by atoms with E-state index in [0.717, 1.165) is 11.8 Å². The van der Waals surface area contributed by atoms with Crippen molar-refractivity contribution in [1.29, 1.82) is 0 Å². The number of piperidine rings is 1. The monoisotopic (exact) mass is 505 g/mol. The van der Waals surface area contributed by atoms with Gasteiger partial charge in [0.15, 0.2) is 0 Å². The van der Waals surface area contributed by atoms with E-state index in [1.165, 1.54) is 11.0 Å². The van der Waals surface area contributed by atoms with E-state index in [2.05, 4.69) is 4.72 Å². The molecular weight excluding hydrogens is 477 g/mol. The molecule has 188 valence electrons. The van der Waals surface area contributed by atoms with Crippen LogP contribution in [0.3, 0.4) is 0 Å². The molecule has 1 N–H and O–H groups in total. The average Bonchev–Trinajstić information content (AvgIpc) is 3.03. The second-order valence-corrected chi connectivity index (χ2v) is 10.6. The normalized spacial score (nSPS) is 16.9. The highest BCUT2D eigenvalue weighted by molar-refractivity contribution is 7.88. The van der Waals surface area contributed by atoms with Gasteiger partial charge in [0.25, 0.3) is 0 Å². The van der Waals surface area contributed by atoms with Crippen LogP contribution in [0.25, 0.3) is 0 Å². The Morgan fingerprint density at radius 2 is 1.86 bits per heavy atom. The Bertz CT molecular complexity index is 1210. The molecular formula is C24H28FN3O6S. The number of nitrogens with one attached hydrogen (secondary N) is 1. The summed E-state index contributed by atoms with van der Waals surface area (Å²) in [4.78, 5) is 28.8. The first kappa shape index (κ1) is 24.9. The summed E-state index contributed by atoms with van der Waals surface area (Å²) < 4.78 is 50.8. The number of rotatable bonds is 7. The van der Waals surface area contributed by atoms with Gasteiger partial charge in [0, 0.05) is 44.4 Å². The Morgan fingerprint density at radius 1 is 1.17 bits per heavy atom. The number of carbonyl (C=O) groups is 2. The molecule has 0 saturated carbocycles. The molecule has 0 aromatic heterocycles. The van der Waals surface area contributed by atoms with Crippen molar-refractivity contribution in [1.82, 2.24) is 9.62 Å². The summed E-state index contributed by atoms with van der Waals surface area (Å²) in [7, 11) is -1.77. The summed E-state index contributed by atoms with van der Waals surface area (Å²) >= 11 is 0. The van der Waals surface area contributed by atoms with Gasteiger partial charge in [-0.1, -0.05) is 30.3 Å². The zero-order valence-electron chi connectivity index (χ0n) is 19.6. The van der Waals surface area contributed by atoms with E-state index < -0.39 is 27.3 Å². The van der Waals surface area contributed by atoms with Gasteiger partial charge in [-0.25, -0.2) is 22.3 Å². The first-order valence-corrected chi connectivity index (χ1v) is 13.2. The number of benzene rings is 2. The van der Waals surface area contributed by atoms with Gasteiger partial charge < -0.3 is 19.3 Å². The zero-order chi connectivity index (χ0) is 25.2. The highest BCUT2D eigenvalue weighted by Crippen LogP contribution is 2.49. The molecule has 2 aliphatic heterocycles. The summed E-state index contributed by atoms with van der Waals surface area (Å²) in [6.07, 6.45) is 1.13. The molecule has 1 saturated heterocycles. The number of fused-ring (bicyclic) bond motifs is 2. The molecule has 2 amide bonds. The number of halogens is 1. The molecule has 9 nitrogen and oxygen atoms in total. The van der Waals surface area contributed by atoms with Crippen LogP contribution in [0.5, 0.6) is 5.75 Å². The third-order valence-corrected chi connectivity index (χ3v) is 7.14. The third kappa shape index (κ3) is 5.25. The van der Waals surface area contributed by atoms with E-state index >= 15 is 4.39 Å². The second kappa shape index (κ2) is 9.82. The fraction of sp³-hybridized carbons (Fsp3) is 0.417.